The molecule has 0 radical (unpaired) electrons. The van der Waals surface area contributed by atoms with Crippen LogP contribution in [0.15, 0.2) is 18.3 Å². The van der Waals surface area contributed by atoms with Gasteiger partial charge in [0.25, 0.3) is 0 Å². The second-order valence-electron chi connectivity index (χ2n) is 9.16. The molecule has 0 aromatic carbocycles. The highest BCUT2D eigenvalue weighted by atomic mass is 32.2. The van der Waals surface area contributed by atoms with E-state index < -0.39 is 0 Å². The summed E-state index contributed by atoms with van der Waals surface area (Å²) < 4.78 is 11.4. The van der Waals surface area contributed by atoms with Gasteiger partial charge in [-0.15, -0.1) is 0 Å². The molecule has 3 fully saturated rings. The minimum Gasteiger partial charge on any atom is -0.477 e. The van der Waals surface area contributed by atoms with E-state index in [1.165, 1.54) is 69.7 Å². The van der Waals surface area contributed by atoms with Crippen LogP contribution in [0.5, 0.6) is 5.88 Å². The number of rotatable bonds is 7. The molecule has 1 saturated carbocycles. The molecule has 5 nitrogen and oxygen atoms in total. The molecule has 168 valence electrons. The van der Waals surface area contributed by atoms with Crippen LogP contribution in [0.3, 0.4) is 0 Å². The second kappa shape index (κ2) is 11.3. The highest BCUT2D eigenvalue weighted by Gasteiger charge is 2.34. The highest BCUT2D eigenvalue weighted by Crippen LogP contribution is 2.39. The van der Waals surface area contributed by atoms with Crippen molar-refractivity contribution < 1.29 is 4.74 Å². The summed E-state index contributed by atoms with van der Waals surface area (Å²) in [6.45, 7) is 5.98. The molecule has 0 bridgehead atoms. The fourth-order valence-electron chi connectivity index (χ4n) is 5.12. The molecule has 2 unspecified atom stereocenters. The molecule has 2 atom stereocenters. The van der Waals surface area contributed by atoms with E-state index in [-0.39, 0.29) is 0 Å². The van der Waals surface area contributed by atoms with E-state index in [0.717, 1.165) is 36.4 Å². The third-order valence-corrected chi connectivity index (χ3v) is 9.49. The molecule has 2 aliphatic heterocycles. The maximum Gasteiger partial charge on any atom is 0.213 e. The summed E-state index contributed by atoms with van der Waals surface area (Å²) in [4.78, 5) is 4.39. The van der Waals surface area contributed by atoms with Crippen molar-refractivity contribution in [3.8, 4) is 5.88 Å². The number of ether oxygens (including phenoxy) is 1. The van der Waals surface area contributed by atoms with Crippen molar-refractivity contribution in [3.05, 3.63) is 23.9 Å². The number of nitrogens with zero attached hydrogens (tertiary/aromatic N) is 3. The number of piperidine rings is 1. The molecule has 3 aliphatic rings. The molecular formula is C23H38N4OS2. The first-order valence-electron chi connectivity index (χ1n) is 11.6. The fourth-order valence-corrected chi connectivity index (χ4v) is 7.72. The van der Waals surface area contributed by atoms with E-state index in [0.29, 0.717) is 22.9 Å². The van der Waals surface area contributed by atoms with Crippen molar-refractivity contribution in [1.82, 2.24) is 13.6 Å². The SMILES string of the molecule is C=S1CCN(SN2CC(COc3cc(CN)ccn3)CC(C3CCCCC3)C2)CC1. The third-order valence-electron chi connectivity index (χ3n) is 6.84. The van der Waals surface area contributed by atoms with Crippen LogP contribution in [0.2, 0.25) is 0 Å². The monoisotopic (exact) mass is 450 g/mol. The van der Waals surface area contributed by atoms with Gasteiger partial charge in [-0.05, 0) is 29.9 Å². The van der Waals surface area contributed by atoms with Gasteiger partial charge in [0, 0.05) is 74.5 Å². The molecule has 30 heavy (non-hydrogen) atoms. The summed E-state index contributed by atoms with van der Waals surface area (Å²) in [6, 6.07) is 3.94. The zero-order chi connectivity index (χ0) is 20.8. The van der Waals surface area contributed by atoms with Crippen molar-refractivity contribution in [1.29, 1.82) is 0 Å². The highest BCUT2D eigenvalue weighted by molar-refractivity contribution is 8.14. The van der Waals surface area contributed by atoms with Crippen LogP contribution in [0.25, 0.3) is 0 Å². The predicted molar refractivity (Wildman–Crippen MR) is 131 cm³/mol. The number of hydrogen-bond donors (Lipinski definition) is 1. The van der Waals surface area contributed by atoms with Gasteiger partial charge in [0.1, 0.15) is 0 Å². The van der Waals surface area contributed by atoms with Gasteiger partial charge in [-0.1, -0.05) is 38.0 Å². The lowest BCUT2D eigenvalue weighted by Crippen LogP contribution is -2.44. The molecule has 0 spiro atoms. The van der Waals surface area contributed by atoms with Crippen molar-refractivity contribution in [2.24, 2.45) is 23.5 Å². The number of hydrogen-bond acceptors (Lipinski definition) is 6. The van der Waals surface area contributed by atoms with Crippen LogP contribution in [-0.4, -0.2) is 63.8 Å². The van der Waals surface area contributed by atoms with Gasteiger partial charge in [-0.2, -0.15) is 10.5 Å². The summed E-state index contributed by atoms with van der Waals surface area (Å²) in [5.41, 5.74) is 6.85. The Morgan fingerprint density at radius 1 is 1.13 bits per heavy atom. The molecule has 4 rings (SSSR count). The summed E-state index contributed by atoms with van der Waals surface area (Å²) >= 11 is 2.00. The van der Waals surface area contributed by atoms with E-state index in [1.807, 2.05) is 24.3 Å². The molecule has 1 aromatic rings. The van der Waals surface area contributed by atoms with Crippen LogP contribution in [0, 0.1) is 17.8 Å². The standard InChI is InChI=1S/C23H38N4OS2/c1-30-11-9-26(10-12-30)29-27-16-20(13-22(17-27)21-5-3-2-4-6-21)18-28-23-14-19(15-24)7-8-25-23/h7-8,14,20-22H,1-6,9-13,15-18,24H2. The molecule has 1 aliphatic carbocycles. The number of nitrogens with two attached hydrogens (primary N) is 1. The van der Waals surface area contributed by atoms with Crippen molar-refractivity contribution in [2.75, 3.05) is 44.3 Å². The van der Waals surface area contributed by atoms with Crippen molar-refractivity contribution >= 4 is 28.5 Å². The topological polar surface area (TPSA) is 54.6 Å². The summed E-state index contributed by atoms with van der Waals surface area (Å²) in [5.74, 6) is 9.76. The molecule has 2 N–H and O–H groups in total. The van der Waals surface area contributed by atoms with Crippen LogP contribution >= 0.6 is 22.6 Å². The van der Waals surface area contributed by atoms with E-state index in [9.17, 15) is 0 Å². The van der Waals surface area contributed by atoms with Gasteiger partial charge in [-0.3, -0.25) is 0 Å². The Bertz CT molecular complexity index is 688. The van der Waals surface area contributed by atoms with E-state index >= 15 is 0 Å². The maximum absolute atomic E-state index is 6.15. The summed E-state index contributed by atoms with van der Waals surface area (Å²) in [5, 5.41) is 0. The van der Waals surface area contributed by atoms with Crippen molar-refractivity contribution in [3.63, 3.8) is 0 Å². The molecule has 3 heterocycles. The first-order valence-corrected chi connectivity index (χ1v) is 14.1. The maximum atomic E-state index is 6.15. The molecule has 7 heteroatoms. The normalized spacial score (nSPS) is 27.9. The van der Waals surface area contributed by atoms with Gasteiger partial charge >= 0.3 is 0 Å². The Morgan fingerprint density at radius 3 is 2.70 bits per heavy atom. The van der Waals surface area contributed by atoms with Gasteiger partial charge in [0.05, 0.1) is 6.61 Å². The van der Waals surface area contributed by atoms with Gasteiger partial charge in [0.15, 0.2) is 0 Å². The predicted octanol–water partition coefficient (Wildman–Crippen LogP) is 4.02. The largest absolute Gasteiger partial charge is 0.477 e. The Balaban J connectivity index is 1.37. The summed E-state index contributed by atoms with van der Waals surface area (Å²) in [7, 11) is 0.378. The van der Waals surface area contributed by atoms with Crippen LogP contribution in [0.1, 0.15) is 44.1 Å². The zero-order valence-corrected chi connectivity index (χ0v) is 19.8. The Morgan fingerprint density at radius 2 is 1.93 bits per heavy atom. The summed E-state index contributed by atoms with van der Waals surface area (Å²) in [6.07, 6.45) is 10.2. The lowest BCUT2D eigenvalue weighted by atomic mass is 9.75. The zero-order valence-electron chi connectivity index (χ0n) is 18.2. The average Bonchev–Trinajstić information content (AvgIpc) is 2.80. The Kier molecular flexibility index (Phi) is 8.52. The first kappa shape index (κ1) is 22.6. The van der Waals surface area contributed by atoms with Crippen LogP contribution in [0.4, 0.5) is 0 Å². The quantitative estimate of drug-likeness (QED) is 0.500. The molecular weight excluding hydrogens is 412 g/mol. The van der Waals surface area contributed by atoms with E-state index in [2.05, 4.69) is 19.5 Å². The third kappa shape index (κ3) is 6.45. The fraction of sp³-hybridized carbons (Fsp3) is 0.739. The van der Waals surface area contributed by atoms with E-state index in [4.69, 9.17) is 10.5 Å². The molecule has 0 amide bonds. The van der Waals surface area contributed by atoms with Gasteiger partial charge in [-0.25, -0.2) is 13.6 Å². The minimum atomic E-state index is 0.378. The Labute approximate surface area is 189 Å². The van der Waals surface area contributed by atoms with E-state index in [1.54, 1.807) is 6.20 Å². The smallest absolute Gasteiger partial charge is 0.213 e. The van der Waals surface area contributed by atoms with Crippen LogP contribution in [-0.2, 0) is 6.54 Å². The van der Waals surface area contributed by atoms with Crippen LogP contribution < -0.4 is 10.5 Å². The number of pyridine rings is 1. The van der Waals surface area contributed by atoms with Crippen molar-refractivity contribution in [2.45, 2.75) is 45.1 Å². The number of aromatic nitrogens is 1. The lowest BCUT2D eigenvalue weighted by Gasteiger charge is -2.43. The second-order valence-corrected chi connectivity index (χ2v) is 12.4. The average molecular weight is 451 g/mol. The Hall–Kier alpha value is -0.600. The first-order chi connectivity index (χ1) is 14.7. The lowest BCUT2D eigenvalue weighted by molar-refractivity contribution is 0.0989. The molecule has 1 aromatic heterocycles. The van der Waals surface area contributed by atoms with Gasteiger partial charge in [0.2, 0.25) is 5.88 Å². The minimum absolute atomic E-state index is 0.378. The van der Waals surface area contributed by atoms with Gasteiger partial charge < -0.3 is 10.5 Å². The molecule has 2 saturated heterocycles.